The Hall–Kier alpha value is -2.46. The molecular formula is C16H16N4O4S2. The number of benzene rings is 1. The van der Waals surface area contributed by atoms with Gasteiger partial charge in [0.2, 0.25) is 0 Å². The number of hydrogen-bond acceptors (Lipinski definition) is 7. The molecule has 26 heavy (non-hydrogen) atoms. The third-order valence-electron chi connectivity index (χ3n) is 4.24. The molecule has 3 aromatic rings. The van der Waals surface area contributed by atoms with Crippen molar-refractivity contribution in [1.29, 1.82) is 0 Å². The molecule has 1 saturated carbocycles. The van der Waals surface area contributed by atoms with Crippen molar-refractivity contribution >= 4 is 42.9 Å². The lowest BCUT2D eigenvalue weighted by Crippen LogP contribution is -2.08. The SMILES string of the molecule is CS(=O)(=O)c1cc([N+](=O)[O-])c(NCc2nc3ccccc3n2C2CC2)s1. The van der Waals surface area contributed by atoms with Crippen molar-refractivity contribution in [2.75, 3.05) is 11.6 Å². The van der Waals surface area contributed by atoms with E-state index in [1.165, 1.54) is 0 Å². The zero-order valence-corrected chi connectivity index (χ0v) is 15.5. The van der Waals surface area contributed by atoms with Crippen molar-refractivity contribution < 1.29 is 13.3 Å². The predicted molar refractivity (Wildman–Crippen MR) is 99.4 cm³/mol. The van der Waals surface area contributed by atoms with Crippen molar-refractivity contribution in [3.8, 4) is 0 Å². The van der Waals surface area contributed by atoms with E-state index < -0.39 is 14.8 Å². The van der Waals surface area contributed by atoms with E-state index in [0.29, 0.717) is 6.04 Å². The van der Waals surface area contributed by atoms with Crippen LogP contribution < -0.4 is 5.32 Å². The Balaban J connectivity index is 1.68. The molecule has 136 valence electrons. The van der Waals surface area contributed by atoms with Gasteiger partial charge in [0.25, 0.3) is 0 Å². The molecule has 0 amide bonds. The van der Waals surface area contributed by atoms with E-state index in [4.69, 9.17) is 0 Å². The van der Waals surface area contributed by atoms with Gasteiger partial charge in [0, 0.05) is 18.4 Å². The fourth-order valence-corrected chi connectivity index (χ4v) is 4.86. The molecule has 0 aliphatic heterocycles. The van der Waals surface area contributed by atoms with E-state index in [-0.39, 0.29) is 21.4 Å². The summed E-state index contributed by atoms with van der Waals surface area (Å²) in [6.07, 6.45) is 3.22. The highest BCUT2D eigenvalue weighted by Gasteiger charge is 2.29. The van der Waals surface area contributed by atoms with Gasteiger partial charge in [-0.05, 0) is 25.0 Å². The molecule has 10 heteroatoms. The third-order valence-corrected chi connectivity index (χ3v) is 7.12. The number of thiophene rings is 1. The van der Waals surface area contributed by atoms with Crippen LogP contribution in [0.4, 0.5) is 10.7 Å². The molecule has 1 aliphatic rings. The number of fused-ring (bicyclic) bond motifs is 1. The van der Waals surface area contributed by atoms with Crippen LogP contribution in [-0.4, -0.2) is 29.1 Å². The Bertz CT molecular complexity index is 1110. The molecule has 4 rings (SSSR count). The average Bonchev–Trinajstić information content (AvgIpc) is 3.19. The van der Waals surface area contributed by atoms with Gasteiger partial charge in [0.05, 0.1) is 22.5 Å². The molecule has 0 atom stereocenters. The van der Waals surface area contributed by atoms with Crippen molar-refractivity contribution in [1.82, 2.24) is 9.55 Å². The zero-order chi connectivity index (χ0) is 18.5. The van der Waals surface area contributed by atoms with Gasteiger partial charge >= 0.3 is 5.69 Å². The number of nitro groups is 1. The molecule has 0 unspecified atom stereocenters. The molecule has 1 N–H and O–H groups in total. The van der Waals surface area contributed by atoms with Gasteiger partial charge < -0.3 is 9.88 Å². The lowest BCUT2D eigenvalue weighted by Gasteiger charge is -2.08. The van der Waals surface area contributed by atoms with Crippen LogP contribution in [0.3, 0.4) is 0 Å². The number of sulfone groups is 1. The molecule has 2 aromatic heterocycles. The summed E-state index contributed by atoms with van der Waals surface area (Å²) in [7, 11) is -3.50. The molecule has 0 bridgehead atoms. The molecule has 0 saturated heterocycles. The molecule has 1 fully saturated rings. The summed E-state index contributed by atoms with van der Waals surface area (Å²) in [5, 5.41) is 14.5. The normalized spacial score (nSPS) is 14.7. The fraction of sp³-hybridized carbons (Fsp3) is 0.312. The van der Waals surface area contributed by atoms with Crippen LogP contribution in [0.15, 0.2) is 34.5 Å². The Morgan fingerprint density at radius 3 is 2.77 bits per heavy atom. The van der Waals surface area contributed by atoms with Crippen LogP contribution in [0.25, 0.3) is 11.0 Å². The average molecular weight is 392 g/mol. The van der Waals surface area contributed by atoms with E-state index in [9.17, 15) is 18.5 Å². The second kappa shape index (κ2) is 6.06. The summed E-state index contributed by atoms with van der Waals surface area (Å²) >= 11 is 0.873. The standard InChI is InChI=1S/C16H16N4O4S2/c1-26(23,24)15-8-13(20(21)22)16(25-15)17-9-14-18-11-4-2-3-5-12(11)19(14)10-6-7-10/h2-5,8,10,17H,6-7,9H2,1H3. The highest BCUT2D eigenvalue weighted by molar-refractivity contribution is 7.92. The second-order valence-electron chi connectivity index (χ2n) is 6.28. The largest absolute Gasteiger partial charge is 0.364 e. The lowest BCUT2D eigenvalue weighted by atomic mass is 10.3. The van der Waals surface area contributed by atoms with E-state index in [2.05, 4.69) is 14.9 Å². The lowest BCUT2D eigenvalue weighted by molar-refractivity contribution is -0.383. The highest BCUT2D eigenvalue weighted by Crippen LogP contribution is 2.40. The molecule has 2 heterocycles. The van der Waals surface area contributed by atoms with Gasteiger partial charge in [-0.3, -0.25) is 10.1 Å². The summed E-state index contributed by atoms with van der Waals surface area (Å²) in [4.78, 5) is 15.3. The van der Waals surface area contributed by atoms with Gasteiger partial charge in [0.15, 0.2) is 14.8 Å². The Labute approximate surface area is 153 Å². The van der Waals surface area contributed by atoms with Gasteiger partial charge in [-0.25, -0.2) is 13.4 Å². The monoisotopic (exact) mass is 392 g/mol. The van der Waals surface area contributed by atoms with Gasteiger partial charge in [-0.15, -0.1) is 0 Å². The molecule has 1 aromatic carbocycles. The summed E-state index contributed by atoms with van der Waals surface area (Å²) < 4.78 is 25.6. The van der Waals surface area contributed by atoms with Crippen LogP contribution in [0.1, 0.15) is 24.7 Å². The number of aromatic nitrogens is 2. The van der Waals surface area contributed by atoms with Crippen LogP contribution in [0.2, 0.25) is 0 Å². The molecule has 0 radical (unpaired) electrons. The molecule has 8 nitrogen and oxygen atoms in total. The third kappa shape index (κ3) is 3.06. The number of imidazole rings is 1. The molecule has 0 spiro atoms. The fourth-order valence-electron chi connectivity index (χ4n) is 2.92. The van der Waals surface area contributed by atoms with E-state index in [0.717, 1.165) is 53.4 Å². The quantitative estimate of drug-likeness (QED) is 0.509. The van der Waals surface area contributed by atoms with Crippen molar-refractivity contribution in [3.05, 3.63) is 46.3 Å². The van der Waals surface area contributed by atoms with E-state index in [1.54, 1.807) is 0 Å². The van der Waals surface area contributed by atoms with Gasteiger partial charge in [0.1, 0.15) is 10.0 Å². The molecular weight excluding hydrogens is 376 g/mol. The Morgan fingerprint density at radius 1 is 1.38 bits per heavy atom. The number of nitrogens with zero attached hydrogens (tertiary/aromatic N) is 3. The number of nitrogens with one attached hydrogen (secondary N) is 1. The Morgan fingerprint density at radius 2 is 2.12 bits per heavy atom. The minimum absolute atomic E-state index is 0.0256. The number of anilines is 1. The summed E-state index contributed by atoms with van der Waals surface area (Å²) in [5.41, 5.74) is 1.70. The van der Waals surface area contributed by atoms with Gasteiger partial charge in [-0.2, -0.15) is 0 Å². The molecule has 1 aliphatic carbocycles. The minimum Gasteiger partial charge on any atom is -0.364 e. The smallest absolute Gasteiger partial charge is 0.304 e. The van der Waals surface area contributed by atoms with Crippen LogP contribution in [-0.2, 0) is 16.4 Å². The van der Waals surface area contributed by atoms with Crippen LogP contribution in [0, 0.1) is 10.1 Å². The van der Waals surface area contributed by atoms with Crippen molar-refractivity contribution in [3.63, 3.8) is 0 Å². The number of para-hydroxylation sites is 2. The van der Waals surface area contributed by atoms with Gasteiger partial charge in [-0.1, -0.05) is 23.5 Å². The first-order valence-electron chi connectivity index (χ1n) is 8.02. The first kappa shape index (κ1) is 17.0. The van der Waals surface area contributed by atoms with Crippen molar-refractivity contribution in [2.45, 2.75) is 29.6 Å². The number of hydrogen-bond donors (Lipinski definition) is 1. The maximum absolute atomic E-state index is 11.7. The minimum atomic E-state index is -3.50. The van der Waals surface area contributed by atoms with Crippen LogP contribution in [0.5, 0.6) is 0 Å². The predicted octanol–water partition coefficient (Wildman–Crippen LogP) is 3.36. The first-order valence-corrected chi connectivity index (χ1v) is 10.7. The summed E-state index contributed by atoms with van der Waals surface area (Å²) in [5.74, 6) is 0.789. The van der Waals surface area contributed by atoms with E-state index >= 15 is 0 Å². The summed E-state index contributed by atoms with van der Waals surface area (Å²) in [6.45, 7) is 0.287. The Kier molecular flexibility index (Phi) is 3.96. The highest BCUT2D eigenvalue weighted by atomic mass is 32.2. The number of rotatable bonds is 6. The maximum Gasteiger partial charge on any atom is 0.304 e. The first-order chi connectivity index (χ1) is 12.3. The van der Waals surface area contributed by atoms with E-state index in [1.807, 2.05) is 24.3 Å². The van der Waals surface area contributed by atoms with Crippen LogP contribution >= 0.6 is 11.3 Å². The maximum atomic E-state index is 11.7. The zero-order valence-electron chi connectivity index (χ0n) is 13.9. The topological polar surface area (TPSA) is 107 Å². The second-order valence-corrected chi connectivity index (χ2v) is 9.58. The van der Waals surface area contributed by atoms with Crippen molar-refractivity contribution in [2.24, 2.45) is 0 Å². The summed E-state index contributed by atoms with van der Waals surface area (Å²) in [6, 6.07) is 9.34.